The van der Waals surface area contributed by atoms with E-state index in [9.17, 15) is 39.0 Å². The second kappa shape index (κ2) is 7.95. The lowest BCUT2D eigenvalue weighted by Crippen LogP contribution is -2.58. The topological polar surface area (TPSA) is 178 Å². The molecule has 6 N–H and O–H groups in total. The summed E-state index contributed by atoms with van der Waals surface area (Å²) in [6.45, 7) is 0. The molecule has 4 rings (SSSR count). The number of rotatable bonds is 4. The quantitative estimate of drug-likeness (QED) is 0.373. The monoisotopic (exact) mass is 490 g/mol. The molecule has 4 atom stereocenters. The van der Waals surface area contributed by atoms with Gasteiger partial charge in [0.25, 0.3) is 5.91 Å². The Balaban J connectivity index is 1.97. The smallest absolute Gasteiger partial charge is 0.255 e. The molecule has 3 aliphatic carbocycles. The molecule has 3 aliphatic rings. The summed E-state index contributed by atoms with van der Waals surface area (Å²) in [7, 11) is 2.24. The van der Waals surface area contributed by atoms with Gasteiger partial charge < -0.3 is 31.1 Å². The lowest BCUT2D eigenvalue weighted by atomic mass is 9.59. The number of phenols is 1. The van der Waals surface area contributed by atoms with Gasteiger partial charge in [-0.3, -0.25) is 18.6 Å². The Bertz CT molecular complexity index is 1250. The first kappa shape index (κ1) is 24.0. The van der Waals surface area contributed by atoms with Gasteiger partial charge in [0.15, 0.2) is 11.4 Å². The van der Waals surface area contributed by atoms with Crippen LogP contribution >= 0.6 is 0 Å². The van der Waals surface area contributed by atoms with Crippen LogP contribution in [0.2, 0.25) is 0 Å². The van der Waals surface area contributed by atoms with E-state index < -0.39 is 62.8 Å². The second-order valence-electron chi connectivity index (χ2n) is 9.28. The summed E-state index contributed by atoms with van der Waals surface area (Å²) < 4.78 is 11.9. The maximum absolute atomic E-state index is 13.5. The SMILES string of the molecule is CN(C)c1cc(CS(C)=O)c(O)c2c1C[C@H]1C[C@H]3CC(=O)C(C(N)=O)=C(O)[C@@]3(O)C(=O)C1=C2O. The van der Waals surface area contributed by atoms with Crippen molar-refractivity contribution in [2.45, 2.75) is 30.6 Å². The summed E-state index contributed by atoms with van der Waals surface area (Å²) >= 11 is 0. The fraction of sp³-hybridized carbons (Fsp3) is 0.435. The lowest BCUT2D eigenvalue weighted by Gasteiger charge is -2.46. The van der Waals surface area contributed by atoms with Crippen molar-refractivity contribution in [1.82, 2.24) is 0 Å². The summed E-state index contributed by atoms with van der Waals surface area (Å²) in [6, 6.07) is 1.69. The number of Topliss-reactive ketones (excluding diaryl/α,β-unsaturated/α-hetero) is 2. The highest BCUT2D eigenvalue weighted by atomic mass is 32.2. The lowest BCUT2D eigenvalue weighted by molar-refractivity contribution is -0.147. The number of nitrogens with two attached hydrogens (primary N) is 1. The van der Waals surface area contributed by atoms with Crippen molar-refractivity contribution in [3.05, 3.63) is 39.7 Å². The van der Waals surface area contributed by atoms with E-state index in [-0.39, 0.29) is 41.9 Å². The minimum atomic E-state index is -2.60. The van der Waals surface area contributed by atoms with Gasteiger partial charge in [0, 0.05) is 60.3 Å². The number of hydrogen-bond donors (Lipinski definition) is 5. The van der Waals surface area contributed by atoms with Crippen molar-refractivity contribution >= 4 is 39.7 Å². The van der Waals surface area contributed by atoms with Gasteiger partial charge in [0.05, 0.1) is 11.3 Å². The molecule has 182 valence electrons. The molecule has 0 heterocycles. The van der Waals surface area contributed by atoms with Crippen molar-refractivity contribution < 1.29 is 39.0 Å². The molecule has 1 fully saturated rings. The predicted octanol–water partition coefficient (Wildman–Crippen LogP) is 0.368. The molecule has 11 heteroatoms. The van der Waals surface area contributed by atoms with E-state index in [1.807, 2.05) is 0 Å². The van der Waals surface area contributed by atoms with Gasteiger partial charge >= 0.3 is 0 Å². The number of aliphatic hydroxyl groups excluding tert-OH is 2. The number of primary amides is 1. The number of ketones is 2. The molecule has 10 nitrogen and oxygen atoms in total. The van der Waals surface area contributed by atoms with Crippen molar-refractivity contribution in [3.8, 4) is 5.75 Å². The largest absolute Gasteiger partial charge is 0.508 e. The molecular weight excluding hydrogens is 464 g/mol. The third-order valence-electron chi connectivity index (χ3n) is 6.96. The molecule has 0 bridgehead atoms. The molecular formula is C23H26N2O8S. The molecule has 0 aromatic heterocycles. The van der Waals surface area contributed by atoms with Gasteiger partial charge in [-0.2, -0.15) is 0 Å². The fourth-order valence-corrected chi connectivity index (χ4v) is 6.11. The molecule has 1 aromatic carbocycles. The average molecular weight is 491 g/mol. The van der Waals surface area contributed by atoms with Gasteiger partial charge in [-0.1, -0.05) is 0 Å². The Morgan fingerprint density at radius 2 is 1.88 bits per heavy atom. The number of anilines is 1. The first-order valence-corrected chi connectivity index (χ1v) is 12.4. The summed E-state index contributed by atoms with van der Waals surface area (Å²) in [4.78, 5) is 39.5. The Labute approximate surface area is 197 Å². The van der Waals surface area contributed by atoms with E-state index in [0.717, 1.165) is 0 Å². The number of carbonyl (C=O) groups is 3. The van der Waals surface area contributed by atoms with Gasteiger partial charge in [0.2, 0.25) is 5.78 Å². The van der Waals surface area contributed by atoms with Crippen LogP contribution in [-0.2, 0) is 37.4 Å². The zero-order chi connectivity index (χ0) is 25.3. The maximum Gasteiger partial charge on any atom is 0.255 e. The molecule has 0 radical (unpaired) electrons. The number of amides is 1. The highest BCUT2D eigenvalue weighted by Gasteiger charge is 2.60. The van der Waals surface area contributed by atoms with Gasteiger partial charge in [-0.25, -0.2) is 0 Å². The highest BCUT2D eigenvalue weighted by Crippen LogP contribution is 2.53. The zero-order valence-corrected chi connectivity index (χ0v) is 19.7. The van der Waals surface area contributed by atoms with E-state index in [2.05, 4.69) is 0 Å². The molecule has 0 spiro atoms. The minimum Gasteiger partial charge on any atom is -0.508 e. The first-order valence-electron chi connectivity index (χ1n) is 10.6. The van der Waals surface area contributed by atoms with Crippen LogP contribution < -0.4 is 10.6 Å². The number of phenolic OH excluding ortho intramolecular Hbond substituents is 1. The Morgan fingerprint density at radius 3 is 2.44 bits per heavy atom. The predicted molar refractivity (Wildman–Crippen MR) is 123 cm³/mol. The van der Waals surface area contributed by atoms with Crippen molar-refractivity contribution in [2.24, 2.45) is 17.6 Å². The van der Waals surface area contributed by atoms with E-state index >= 15 is 0 Å². The Morgan fingerprint density at radius 1 is 1.24 bits per heavy atom. The summed E-state index contributed by atoms with van der Waals surface area (Å²) in [5.74, 6) is -6.66. The summed E-state index contributed by atoms with van der Waals surface area (Å²) in [5, 5.41) is 44.1. The van der Waals surface area contributed by atoms with Gasteiger partial charge in [-0.05, 0) is 30.4 Å². The number of hydrogen-bond acceptors (Lipinski definition) is 9. The number of fused-ring (bicyclic) bond motifs is 3. The van der Waals surface area contributed by atoms with Gasteiger partial charge in [-0.15, -0.1) is 0 Å². The Hall–Kier alpha value is -3.18. The minimum absolute atomic E-state index is 0.00113. The van der Waals surface area contributed by atoms with Crippen LogP contribution in [0.5, 0.6) is 5.75 Å². The van der Waals surface area contributed by atoms with Gasteiger partial charge in [0.1, 0.15) is 22.8 Å². The third-order valence-corrected chi connectivity index (χ3v) is 7.68. The molecule has 1 amide bonds. The summed E-state index contributed by atoms with van der Waals surface area (Å²) in [5.41, 5.74) is 3.10. The molecule has 0 saturated heterocycles. The Kier molecular flexibility index (Phi) is 5.60. The number of aromatic hydroxyl groups is 1. The molecule has 1 saturated carbocycles. The first-order chi connectivity index (χ1) is 15.8. The summed E-state index contributed by atoms with van der Waals surface area (Å²) in [6.07, 6.45) is 1.38. The molecule has 1 aromatic rings. The molecule has 0 aliphatic heterocycles. The van der Waals surface area contributed by atoms with Crippen molar-refractivity contribution in [1.29, 1.82) is 0 Å². The van der Waals surface area contributed by atoms with E-state index in [0.29, 0.717) is 16.8 Å². The molecule has 1 unspecified atom stereocenters. The van der Waals surface area contributed by atoms with Crippen LogP contribution in [0.3, 0.4) is 0 Å². The highest BCUT2D eigenvalue weighted by molar-refractivity contribution is 7.83. The number of aliphatic hydroxyl groups is 3. The average Bonchev–Trinajstić information content (AvgIpc) is 2.71. The zero-order valence-electron chi connectivity index (χ0n) is 18.9. The normalized spacial score (nSPS) is 27.2. The number of benzene rings is 1. The second-order valence-corrected chi connectivity index (χ2v) is 10.7. The van der Waals surface area contributed by atoms with Crippen LogP contribution in [0.4, 0.5) is 5.69 Å². The van der Waals surface area contributed by atoms with Crippen LogP contribution in [0, 0.1) is 11.8 Å². The van der Waals surface area contributed by atoms with Crippen LogP contribution in [0.1, 0.15) is 29.5 Å². The number of carbonyl (C=O) groups excluding carboxylic acids is 3. The van der Waals surface area contributed by atoms with E-state index in [1.165, 1.54) is 6.26 Å². The van der Waals surface area contributed by atoms with Crippen LogP contribution in [-0.4, -0.2) is 68.1 Å². The van der Waals surface area contributed by atoms with Crippen molar-refractivity contribution in [3.63, 3.8) is 0 Å². The standard InChI is InChI=1S/C23H26N2O8S/c1-25(2)13-6-10(8-34(3)33)18(27)16-12(13)5-9-4-11-7-14(26)17(22(24)31)21(30)23(11,32)20(29)15(9)19(16)28/h6,9,11,27-28,30,32H,4-5,7-8H2,1-3H3,(H2,24,31)/t9-,11+,23+,34?/m1/s1. The van der Waals surface area contributed by atoms with Crippen molar-refractivity contribution in [2.75, 3.05) is 25.3 Å². The van der Waals surface area contributed by atoms with Crippen LogP contribution in [0.25, 0.3) is 5.76 Å². The third kappa shape index (κ3) is 3.25. The maximum atomic E-state index is 13.5. The fourth-order valence-electron chi connectivity index (χ4n) is 5.45. The van der Waals surface area contributed by atoms with Crippen LogP contribution in [0.15, 0.2) is 23.0 Å². The number of nitrogens with zero attached hydrogens (tertiary/aromatic N) is 1. The molecule has 34 heavy (non-hydrogen) atoms. The van der Waals surface area contributed by atoms with E-state index in [4.69, 9.17) is 5.73 Å². The van der Waals surface area contributed by atoms with E-state index in [1.54, 1.807) is 25.1 Å².